The molecule has 0 aliphatic carbocycles. The van der Waals surface area contributed by atoms with Gasteiger partial charge in [-0.2, -0.15) is 0 Å². The molecule has 0 radical (unpaired) electrons. The third-order valence-electron chi connectivity index (χ3n) is 3.16. The lowest BCUT2D eigenvalue weighted by Gasteiger charge is -2.25. The molecule has 1 atom stereocenters. The van der Waals surface area contributed by atoms with Crippen LogP contribution in [0, 0.1) is 11.3 Å². The van der Waals surface area contributed by atoms with E-state index in [1.165, 1.54) is 0 Å². The summed E-state index contributed by atoms with van der Waals surface area (Å²) >= 11 is 0. The highest BCUT2D eigenvalue weighted by molar-refractivity contribution is 5.78. The molecule has 0 aromatic carbocycles. The molecule has 108 valence electrons. The van der Waals surface area contributed by atoms with Gasteiger partial charge in [-0.05, 0) is 32.7 Å². The number of carbonyl (C=O) groups excluding carboxylic acids is 1. The lowest BCUT2D eigenvalue weighted by Crippen LogP contribution is -2.41. The normalized spacial score (nSPS) is 14.1. The van der Waals surface area contributed by atoms with E-state index in [-0.39, 0.29) is 17.2 Å². The van der Waals surface area contributed by atoms with Crippen LogP contribution in [0.2, 0.25) is 0 Å². The van der Waals surface area contributed by atoms with Crippen molar-refractivity contribution in [2.75, 3.05) is 26.7 Å². The van der Waals surface area contributed by atoms with Crippen molar-refractivity contribution in [1.29, 1.82) is 0 Å². The Labute approximate surface area is 112 Å². The maximum Gasteiger partial charge on any atom is 0.224 e. The highest BCUT2D eigenvalue weighted by Crippen LogP contribution is 2.23. The highest BCUT2D eigenvalue weighted by atomic mass is 16.1. The summed E-state index contributed by atoms with van der Waals surface area (Å²) in [7, 11) is 2.06. The molecule has 0 aromatic heterocycles. The zero-order valence-corrected chi connectivity index (χ0v) is 12.9. The Morgan fingerprint density at radius 1 is 1.33 bits per heavy atom. The van der Waals surface area contributed by atoms with Crippen molar-refractivity contribution in [2.45, 2.75) is 47.1 Å². The summed E-state index contributed by atoms with van der Waals surface area (Å²) in [4.78, 5) is 14.2. The zero-order chi connectivity index (χ0) is 14.3. The Morgan fingerprint density at radius 3 is 2.28 bits per heavy atom. The van der Waals surface area contributed by atoms with Crippen LogP contribution < -0.4 is 11.1 Å². The molecule has 0 spiro atoms. The van der Waals surface area contributed by atoms with Crippen LogP contribution in [0.3, 0.4) is 0 Å². The summed E-state index contributed by atoms with van der Waals surface area (Å²) in [5, 5.41) is 2.98. The summed E-state index contributed by atoms with van der Waals surface area (Å²) < 4.78 is 0. The fourth-order valence-electron chi connectivity index (χ4n) is 1.78. The van der Waals surface area contributed by atoms with Gasteiger partial charge in [-0.3, -0.25) is 4.79 Å². The number of nitrogens with two attached hydrogens (primary N) is 1. The lowest BCUT2D eigenvalue weighted by atomic mass is 9.84. The second kappa shape index (κ2) is 7.74. The third kappa shape index (κ3) is 7.67. The van der Waals surface area contributed by atoms with Crippen LogP contribution in [0.25, 0.3) is 0 Å². The summed E-state index contributed by atoms with van der Waals surface area (Å²) in [6, 6.07) is 0.502. The van der Waals surface area contributed by atoms with Crippen LogP contribution >= 0.6 is 0 Å². The van der Waals surface area contributed by atoms with E-state index in [1.807, 2.05) is 0 Å². The number of nitrogens with one attached hydrogen (secondary N) is 1. The van der Waals surface area contributed by atoms with Crippen LogP contribution in [-0.2, 0) is 4.79 Å². The van der Waals surface area contributed by atoms with Crippen LogP contribution in [0.1, 0.15) is 41.0 Å². The molecule has 0 bridgehead atoms. The second-order valence-corrected chi connectivity index (χ2v) is 6.56. The number of likely N-dealkylation sites (N-methyl/N-ethyl adjacent to an activating group) is 1. The minimum atomic E-state index is -0.0747. The molecule has 18 heavy (non-hydrogen) atoms. The van der Waals surface area contributed by atoms with E-state index < -0.39 is 0 Å². The van der Waals surface area contributed by atoms with E-state index in [9.17, 15) is 4.79 Å². The molecule has 0 aliphatic heterocycles. The number of hydrogen-bond acceptors (Lipinski definition) is 3. The molecular weight excluding hydrogens is 226 g/mol. The number of hydrogen-bond donors (Lipinski definition) is 2. The Bertz CT molecular complexity index is 246. The third-order valence-corrected chi connectivity index (χ3v) is 3.16. The van der Waals surface area contributed by atoms with Gasteiger partial charge in [0.1, 0.15) is 0 Å². The van der Waals surface area contributed by atoms with Crippen LogP contribution in [0.15, 0.2) is 0 Å². The average Bonchev–Trinajstić information content (AvgIpc) is 2.23. The number of carbonyl (C=O) groups is 1. The fourth-order valence-corrected chi connectivity index (χ4v) is 1.78. The Morgan fingerprint density at radius 2 is 1.89 bits per heavy atom. The molecule has 4 heteroatoms. The molecular formula is C14H31N3O. The van der Waals surface area contributed by atoms with Gasteiger partial charge in [0.25, 0.3) is 0 Å². The molecule has 0 aromatic rings. The number of nitrogens with zero attached hydrogens (tertiary/aromatic N) is 1. The maximum atomic E-state index is 12.0. The van der Waals surface area contributed by atoms with Crippen molar-refractivity contribution in [3.63, 3.8) is 0 Å². The molecule has 3 N–H and O–H groups in total. The minimum Gasteiger partial charge on any atom is -0.355 e. The standard InChI is InChI=1S/C14H31N3O/c1-11(2)17(6)8-7-16-13(18)12(10-15)9-14(3,4)5/h11-12H,7-10,15H2,1-6H3,(H,16,18). The summed E-state index contributed by atoms with van der Waals surface area (Å²) in [6.07, 6.45) is 0.829. The molecule has 1 unspecified atom stereocenters. The van der Waals surface area contributed by atoms with Gasteiger partial charge in [0.2, 0.25) is 5.91 Å². The minimum absolute atomic E-state index is 0.0747. The summed E-state index contributed by atoms with van der Waals surface area (Å²) in [6.45, 7) is 12.7. The molecule has 0 saturated carbocycles. The molecule has 0 fully saturated rings. The zero-order valence-electron chi connectivity index (χ0n) is 12.9. The second-order valence-electron chi connectivity index (χ2n) is 6.56. The van der Waals surface area contributed by atoms with Crippen molar-refractivity contribution >= 4 is 5.91 Å². The smallest absolute Gasteiger partial charge is 0.224 e. The monoisotopic (exact) mass is 257 g/mol. The first-order valence-electron chi connectivity index (χ1n) is 6.85. The fraction of sp³-hybridized carbons (Fsp3) is 0.929. The Hall–Kier alpha value is -0.610. The van der Waals surface area contributed by atoms with Crippen LogP contribution in [0.5, 0.6) is 0 Å². The van der Waals surface area contributed by atoms with E-state index >= 15 is 0 Å². The first-order chi connectivity index (χ1) is 8.17. The molecule has 0 saturated heterocycles. The quantitative estimate of drug-likeness (QED) is 0.726. The van der Waals surface area contributed by atoms with Gasteiger partial charge in [0.05, 0.1) is 5.92 Å². The van der Waals surface area contributed by atoms with Crippen molar-refractivity contribution in [3.8, 4) is 0 Å². The van der Waals surface area contributed by atoms with Gasteiger partial charge in [-0.1, -0.05) is 20.8 Å². The van der Waals surface area contributed by atoms with Crippen LogP contribution in [0.4, 0.5) is 0 Å². The van der Waals surface area contributed by atoms with E-state index in [0.717, 1.165) is 13.0 Å². The van der Waals surface area contributed by atoms with Crippen molar-refractivity contribution in [3.05, 3.63) is 0 Å². The predicted molar refractivity (Wildman–Crippen MR) is 77.4 cm³/mol. The maximum absolute atomic E-state index is 12.0. The van der Waals surface area contributed by atoms with Gasteiger partial charge < -0.3 is 16.0 Å². The summed E-state index contributed by atoms with van der Waals surface area (Å²) in [5.41, 5.74) is 5.82. The largest absolute Gasteiger partial charge is 0.355 e. The first-order valence-corrected chi connectivity index (χ1v) is 6.85. The highest BCUT2D eigenvalue weighted by Gasteiger charge is 2.23. The predicted octanol–water partition coefficient (Wildman–Crippen LogP) is 1.45. The molecule has 0 heterocycles. The van der Waals surface area contributed by atoms with E-state index in [1.54, 1.807) is 0 Å². The van der Waals surface area contributed by atoms with Crippen LogP contribution in [-0.4, -0.2) is 43.5 Å². The first kappa shape index (κ1) is 17.4. The van der Waals surface area contributed by atoms with E-state index in [2.05, 4.69) is 51.9 Å². The molecule has 4 nitrogen and oxygen atoms in total. The molecule has 1 amide bonds. The van der Waals surface area contributed by atoms with Crippen molar-refractivity contribution in [2.24, 2.45) is 17.1 Å². The number of amides is 1. The van der Waals surface area contributed by atoms with Gasteiger partial charge in [-0.15, -0.1) is 0 Å². The van der Waals surface area contributed by atoms with E-state index in [0.29, 0.717) is 19.1 Å². The SMILES string of the molecule is CC(C)N(C)CCNC(=O)C(CN)CC(C)(C)C. The topological polar surface area (TPSA) is 58.4 Å². The average molecular weight is 257 g/mol. The number of rotatable bonds is 7. The summed E-state index contributed by atoms with van der Waals surface area (Å²) in [5.74, 6) is 0.0129. The molecule has 0 aliphatic rings. The molecule has 0 rings (SSSR count). The van der Waals surface area contributed by atoms with Gasteiger partial charge in [0, 0.05) is 25.7 Å². The Kier molecular flexibility index (Phi) is 7.48. The van der Waals surface area contributed by atoms with E-state index in [4.69, 9.17) is 5.73 Å². The van der Waals surface area contributed by atoms with Gasteiger partial charge in [-0.25, -0.2) is 0 Å². The van der Waals surface area contributed by atoms with Gasteiger partial charge in [0.15, 0.2) is 0 Å². The lowest BCUT2D eigenvalue weighted by molar-refractivity contribution is -0.125. The Balaban J connectivity index is 4.06. The van der Waals surface area contributed by atoms with Crippen molar-refractivity contribution in [1.82, 2.24) is 10.2 Å². The van der Waals surface area contributed by atoms with Crippen molar-refractivity contribution < 1.29 is 4.79 Å². The van der Waals surface area contributed by atoms with Gasteiger partial charge >= 0.3 is 0 Å².